The van der Waals surface area contributed by atoms with Crippen LogP contribution in [0, 0.1) is 0 Å². The molecule has 84 valence electrons. The van der Waals surface area contributed by atoms with E-state index in [0.29, 0.717) is 11.9 Å². The quantitative estimate of drug-likeness (QED) is 0.486. The Morgan fingerprint density at radius 2 is 2.20 bits per heavy atom. The Kier molecular flexibility index (Phi) is 4.86. The van der Waals surface area contributed by atoms with Gasteiger partial charge in [0, 0.05) is 19.8 Å². The largest absolute Gasteiger partial charge is 0.385 e. The minimum absolute atomic E-state index is 0.325. The highest BCUT2D eigenvalue weighted by molar-refractivity contribution is 5.44. The van der Waals surface area contributed by atoms with E-state index in [-0.39, 0.29) is 0 Å². The summed E-state index contributed by atoms with van der Waals surface area (Å²) in [6.45, 7) is 2.83. The summed E-state index contributed by atoms with van der Waals surface area (Å²) in [5.41, 5.74) is 2.51. The van der Waals surface area contributed by atoms with Crippen LogP contribution in [0.2, 0.25) is 0 Å². The van der Waals surface area contributed by atoms with E-state index in [0.717, 1.165) is 18.8 Å². The van der Waals surface area contributed by atoms with Gasteiger partial charge in [-0.1, -0.05) is 6.07 Å². The number of pyridine rings is 1. The average Bonchev–Trinajstić information content (AvgIpc) is 2.26. The van der Waals surface area contributed by atoms with Gasteiger partial charge in [0.15, 0.2) is 0 Å². The first kappa shape index (κ1) is 11.7. The van der Waals surface area contributed by atoms with Gasteiger partial charge in [-0.25, -0.2) is 10.8 Å². The second-order valence-electron chi connectivity index (χ2n) is 3.38. The van der Waals surface area contributed by atoms with E-state index < -0.39 is 0 Å². The highest BCUT2D eigenvalue weighted by Gasteiger charge is 2.02. The molecular formula is C10H18N4O. The predicted octanol–water partition coefficient (Wildman–Crippen LogP) is 1.20. The van der Waals surface area contributed by atoms with Crippen LogP contribution in [0.5, 0.6) is 0 Å². The van der Waals surface area contributed by atoms with Crippen LogP contribution in [0.3, 0.4) is 0 Å². The Hall–Kier alpha value is -1.33. The van der Waals surface area contributed by atoms with Crippen molar-refractivity contribution in [3.8, 4) is 0 Å². The lowest BCUT2D eigenvalue weighted by atomic mass is 10.2. The van der Waals surface area contributed by atoms with Crippen molar-refractivity contribution in [2.75, 3.05) is 24.5 Å². The van der Waals surface area contributed by atoms with Gasteiger partial charge in [-0.2, -0.15) is 0 Å². The van der Waals surface area contributed by atoms with Crippen molar-refractivity contribution >= 4 is 11.6 Å². The highest BCUT2D eigenvalue weighted by atomic mass is 16.5. The maximum absolute atomic E-state index is 5.27. The molecule has 1 unspecified atom stereocenters. The van der Waals surface area contributed by atoms with Crippen LogP contribution in [0.15, 0.2) is 18.2 Å². The van der Waals surface area contributed by atoms with Crippen LogP contribution in [0.1, 0.15) is 13.3 Å². The molecule has 5 heteroatoms. The molecule has 0 saturated heterocycles. The summed E-state index contributed by atoms with van der Waals surface area (Å²) in [5, 5.41) is 3.26. The molecule has 0 radical (unpaired) electrons. The molecule has 0 saturated carbocycles. The van der Waals surface area contributed by atoms with E-state index in [2.05, 4.69) is 22.7 Å². The molecule has 1 atom stereocenters. The number of aromatic nitrogens is 1. The second-order valence-corrected chi connectivity index (χ2v) is 3.38. The summed E-state index contributed by atoms with van der Waals surface area (Å²) in [6, 6.07) is 5.94. The second kappa shape index (κ2) is 6.21. The molecular weight excluding hydrogens is 192 g/mol. The fourth-order valence-corrected chi connectivity index (χ4v) is 1.21. The van der Waals surface area contributed by atoms with Gasteiger partial charge in [-0.3, -0.25) is 0 Å². The summed E-state index contributed by atoms with van der Waals surface area (Å²) in [5.74, 6) is 6.74. The topological polar surface area (TPSA) is 72.2 Å². The first-order chi connectivity index (χ1) is 7.26. The number of methoxy groups -OCH3 is 1. The van der Waals surface area contributed by atoms with Crippen molar-refractivity contribution in [1.29, 1.82) is 0 Å². The van der Waals surface area contributed by atoms with Crippen molar-refractivity contribution in [3.05, 3.63) is 18.2 Å². The molecule has 0 amide bonds. The Labute approximate surface area is 90.0 Å². The maximum atomic E-state index is 5.27. The van der Waals surface area contributed by atoms with Crippen LogP contribution >= 0.6 is 0 Å². The zero-order valence-corrected chi connectivity index (χ0v) is 9.16. The maximum Gasteiger partial charge on any atom is 0.142 e. The predicted molar refractivity (Wildman–Crippen MR) is 61.6 cm³/mol. The van der Waals surface area contributed by atoms with Crippen LogP contribution < -0.4 is 16.6 Å². The summed E-state index contributed by atoms with van der Waals surface area (Å²) < 4.78 is 5.00. The van der Waals surface area contributed by atoms with Crippen LogP contribution in [-0.4, -0.2) is 24.7 Å². The number of rotatable bonds is 6. The molecule has 1 rings (SSSR count). The zero-order valence-electron chi connectivity index (χ0n) is 9.16. The van der Waals surface area contributed by atoms with Gasteiger partial charge >= 0.3 is 0 Å². The van der Waals surface area contributed by atoms with Gasteiger partial charge < -0.3 is 15.5 Å². The number of hydrogen-bond donors (Lipinski definition) is 3. The normalized spacial score (nSPS) is 12.2. The number of nitrogens with zero attached hydrogens (tertiary/aromatic N) is 1. The monoisotopic (exact) mass is 210 g/mol. The molecule has 0 spiro atoms. The fraction of sp³-hybridized carbons (Fsp3) is 0.500. The minimum atomic E-state index is 0.325. The molecule has 0 aliphatic heterocycles. The van der Waals surface area contributed by atoms with E-state index >= 15 is 0 Å². The molecule has 5 nitrogen and oxygen atoms in total. The number of anilines is 2. The van der Waals surface area contributed by atoms with E-state index in [9.17, 15) is 0 Å². The number of hydrazine groups is 1. The molecule has 0 aliphatic carbocycles. The number of hydrogen-bond acceptors (Lipinski definition) is 5. The van der Waals surface area contributed by atoms with Crippen molar-refractivity contribution < 1.29 is 4.74 Å². The molecule has 1 heterocycles. The first-order valence-corrected chi connectivity index (χ1v) is 4.95. The molecule has 0 fully saturated rings. The van der Waals surface area contributed by atoms with E-state index in [4.69, 9.17) is 10.6 Å². The minimum Gasteiger partial charge on any atom is -0.385 e. The van der Waals surface area contributed by atoms with E-state index in [1.807, 2.05) is 18.2 Å². The van der Waals surface area contributed by atoms with Crippen molar-refractivity contribution in [1.82, 2.24) is 4.98 Å². The fourth-order valence-electron chi connectivity index (χ4n) is 1.21. The Balaban J connectivity index is 2.48. The Morgan fingerprint density at radius 1 is 1.47 bits per heavy atom. The molecule has 1 aromatic rings. The summed E-state index contributed by atoms with van der Waals surface area (Å²) in [4.78, 5) is 4.25. The van der Waals surface area contributed by atoms with Gasteiger partial charge in [-0.15, -0.1) is 0 Å². The average molecular weight is 210 g/mol. The van der Waals surface area contributed by atoms with Crippen LogP contribution in [-0.2, 0) is 4.74 Å². The zero-order chi connectivity index (χ0) is 11.1. The molecule has 1 aromatic heterocycles. The van der Waals surface area contributed by atoms with Gasteiger partial charge in [-0.05, 0) is 25.5 Å². The van der Waals surface area contributed by atoms with Gasteiger partial charge in [0.25, 0.3) is 0 Å². The summed E-state index contributed by atoms with van der Waals surface area (Å²) in [6.07, 6.45) is 0.943. The first-order valence-electron chi connectivity index (χ1n) is 4.95. The van der Waals surface area contributed by atoms with E-state index in [1.165, 1.54) is 0 Å². The standard InChI is InChI=1S/C10H18N4O/c1-8(6-7-15-2)12-9-4-3-5-10(13-9)14-11/h3-5,8H,6-7,11H2,1-2H3,(H2,12,13,14). The smallest absolute Gasteiger partial charge is 0.142 e. The summed E-state index contributed by atoms with van der Waals surface area (Å²) >= 11 is 0. The van der Waals surface area contributed by atoms with Crippen molar-refractivity contribution in [2.24, 2.45) is 5.84 Å². The highest BCUT2D eigenvalue weighted by Crippen LogP contribution is 2.10. The third-order valence-electron chi connectivity index (χ3n) is 2.05. The SMILES string of the molecule is COCCC(C)Nc1cccc(NN)n1. The third-order valence-corrected chi connectivity index (χ3v) is 2.05. The van der Waals surface area contributed by atoms with Gasteiger partial charge in [0.05, 0.1) is 0 Å². The van der Waals surface area contributed by atoms with Gasteiger partial charge in [0.1, 0.15) is 11.6 Å². The van der Waals surface area contributed by atoms with Gasteiger partial charge in [0.2, 0.25) is 0 Å². The number of nitrogen functional groups attached to an aromatic ring is 1. The lowest BCUT2D eigenvalue weighted by Crippen LogP contribution is -2.18. The summed E-state index contributed by atoms with van der Waals surface area (Å²) in [7, 11) is 1.70. The number of nitrogens with two attached hydrogens (primary N) is 1. The third kappa shape index (κ3) is 4.14. The van der Waals surface area contributed by atoms with Crippen LogP contribution in [0.4, 0.5) is 11.6 Å². The van der Waals surface area contributed by atoms with E-state index in [1.54, 1.807) is 7.11 Å². The lowest BCUT2D eigenvalue weighted by Gasteiger charge is -2.14. The number of nitrogens with one attached hydrogen (secondary N) is 2. The van der Waals surface area contributed by atoms with Crippen molar-refractivity contribution in [3.63, 3.8) is 0 Å². The molecule has 0 aromatic carbocycles. The Morgan fingerprint density at radius 3 is 2.87 bits per heavy atom. The number of ether oxygens (including phenoxy) is 1. The molecule has 0 bridgehead atoms. The Bertz CT molecular complexity index is 293. The van der Waals surface area contributed by atoms with Crippen LogP contribution in [0.25, 0.3) is 0 Å². The lowest BCUT2D eigenvalue weighted by molar-refractivity contribution is 0.191. The van der Waals surface area contributed by atoms with Crippen molar-refractivity contribution in [2.45, 2.75) is 19.4 Å². The molecule has 15 heavy (non-hydrogen) atoms. The molecule has 4 N–H and O–H groups in total. The molecule has 0 aliphatic rings.